The van der Waals surface area contributed by atoms with Gasteiger partial charge in [-0.05, 0) is 12.7 Å². The molecule has 0 N–H and O–H groups in total. The van der Waals surface area contributed by atoms with Gasteiger partial charge in [0.25, 0.3) is 0 Å². The third kappa shape index (κ3) is 1.40. The van der Waals surface area contributed by atoms with Crippen LogP contribution >= 0.6 is 8.15 Å². The van der Waals surface area contributed by atoms with Crippen molar-refractivity contribution in [2.24, 2.45) is 5.92 Å². The van der Waals surface area contributed by atoms with Crippen LogP contribution in [0.1, 0.15) is 6.92 Å². The molecular formula is C8H11OP. The molecule has 2 atom stereocenters. The van der Waals surface area contributed by atoms with Crippen molar-refractivity contribution in [3.63, 3.8) is 0 Å². The Bertz CT molecular complexity index is 190. The molecule has 0 spiro atoms. The molecule has 10 heavy (non-hydrogen) atoms. The van der Waals surface area contributed by atoms with Crippen molar-refractivity contribution in [1.82, 2.24) is 0 Å². The molecule has 54 valence electrons. The largest absolute Gasteiger partial charge is 0.358 e. The number of hydrogen-bond donors (Lipinski definition) is 0. The summed E-state index contributed by atoms with van der Waals surface area (Å²) in [5.74, 6) is 5.25. The lowest BCUT2D eigenvalue weighted by atomic mass is 10.1. The standard InChI is InChI=1S/C8H11OP/c1-4-8-6-10(9-3)5-7(8)2/h1,5,8H,6H2,2-3H3. The first-order chi connectivity index (χ1) is 4.77. The van der Waals surface area contributed by atoms with Gasteiger partial charge in [-0.25, -0.2) is 0 Å². The monoisotopic (exact) mass is 154 g/mol. The minimum atomic E-state index is -0.332. The number of terminal acetylenes is 1. The molecule has 0 aromatic heterocycles. The highest BCUT2D eigenvalue weighted by molar-refractivity contribution is 7.56. The molecule has 1 nitrogen and oxygen atoms in total. The summed E-state index contributed by atoms with van der Waals surface area (Å²) in [6.07, 6.45) is 6.33. The van der Waals surface area contributed by atoms with E-state index in [4.69, 9.17) is 10.9 Å². The molecule has 0 fully saturated rings. The molecule has 2 heteroatoms. The average Bonchev–Trinajstić information content (AvgIpc) is 2.30. The van der Waals surface area contributed by atoms with E-state index in [1.165, 1.54) is 5.57 Å². The molecule has 0 saturated carbocycles. The Morgan fingerprint density at radius 2 is 2.60 bits per heavy atom. The van der Waals surface area contributed by atoms with Crippen molar-refractivity contribution in [3.8, 4) is 12.3 Å². The predicted octanol–water partition coefficient (Wildman–Crippen LogP) is 2.20. The second-order valence-corrected chi connectivity index (χ2v) is 4.20. The van der Waals surface area contributed by atoms with Crippen LogP contribution in [0.3, 0.4) is 0 Å². The molecule has 0 bridgehead atoms. The van der Waals surface area contributed by atoms with Crippen LogP contribution in [0.4, 0.5) is 0 Å². The lowest BCUT2D eigenvalue weighted by Crippen LogP contribution is -1.96. The first kappa shape index (κ1) is 7.79. The fourth-order valence-electron chi connectivity index (χ4n) is 1.01. The van der Waals surface area contributed by atoms with Crippen LogP contribution in [0.2, 0.25) is 0 Å². The van der Waals surface area contributed by atoms with Gasteiger partial charge in [0.15, 0.2) is 0 Å². The van der Waals surface area contributed by atoms with Gasteiger partial charge in [0, 0.05) is 19.2 Å². The smallest absolute Gasteiger partial charge is 0.0541 e. The van der Waals surface area contributed by atoms with E-state index >= 15 is 0 Å². The van der Waals surface area contributed by atoms with Crippen LogP contribution in [0.5, 0.6) is 0 Å². The van der Waals surface area contributed by atoms with Crippen LogP contribution in [0, 0.1) is 18.3 Å². The van der Waals surface area contributed by atoms with Crippen LogP contribution < -0.4 is 0 Å². The van der Waals surface area contributed by atoms with E-state index in [1.807, 2.05) is 0 Å². The van der Waals surface area contributed by atoms with Gasteiger partial charge in [0.2, 0.25) is 0 Å². The molecule has 1 aliphatic rings. The van der Waals surface area contributed by atoms with Crippen molar-refractivity contribution >= 4 is 8.15 Å². The molecule has 0 aromatic carbocycles. The van der Waals surface area contributed by atoms with Crippen LogP contribution in [0.15, 0.2) is 11.4 Å². The maximum Gasteiger partial charge on any atom is 0.0541 e. The van der Waals surface area contributed by atoms with Crippen molar-refractivity contribution in [3.05, 3.63) is 11.4 Å². The Morgan fingerprint density at radius 1 is 1.90 bits per heavy atom. The predicted molar refractivity (Wildman–Crippen MR) is 44.9 cm³/mol. The highest BCUT2D eigenvalue weighted by atomic mass is 31.1. The van der Waals surface area contributed by atoms with E-state index in [-0.39, 0.29) is 8.15 Å². The topological polar surface area (TPSA) is 9.23 Å². The maximum absolute atomic E-state index is 5.31. The number of allylic oxidation sites excluding steroid dienone is 1. The quantitative estimate of drug-likeness (QED) is 0.415. The minimum absolute atomic E-state index is 0.332. The zero-order valence-corrected chi connectivity index (χ0v) is 7.19. The van der Waals surface area contributed by atoms with Gasteiger partial charge < -0.3 is 4.52 Å². The summed E-state index contributed by atoms with van der Waals surface area (Å²) in [6, 6.07) is 0. The minimum Gasteiger partial charge on any atom is -0.358 e. The maximum atomic E-state index is 5.31. The Kier molecular flexibility index (Phi) is 2.49. The summed E-state index contributed by atoms with van der Waals surface area (Å²) in [6.45, 7) is 2.08. The summed E-state index contributed by atoms with van der Waals surface area (Å²) in [7, 11) is 1.41. The zero-order valence-electron chi connectivity index (χ0n) is 6.29. The highest BCUT2D eigenvalue weighted by Gasteiger charge is 2.21. The first-order valence-corrected chi connectivity index (χ1v) is 4.74. The molecule has 0 radical (unpaired) electrons. The lowest BCUT2D eigenvalue weighted by molar-refractivity contribution is 0.467. The molecule has 0 saturated heterocycles. The van der Waals surface area contributed by atoms with Crippen molar-refractivity contribution < 1.29 is 4.52 Å². The third-order valence-corrected chi connectivity index (χ3v) is 3.58. The van der Waals surface area contributed by atoms with E-state index in [2.05, 4.69) is 18.7 Å². The van der Waals surface area contributed by atoms with Gasteiger partial charge in [-0.3, -0.25) is 0 Å². The lowest BCUT2D eigenvalue weighted by Gasteiger charge is -2.04. The molecule has 1 rings (SSSR count). The molecule has 1 heterocycles. The zero-order chi connectivity index (χ0) is 7.56. The Morgan fingerprint density at radius 3 is 2.90 bits per heavy atom. The molecule has 0 aliphatic carbocycles. The summed E-state index contributed by atoms with van der Waals surface area (Å²) in [4.78, 5) is 0. The van der Waals surface area contributed by atoms with Crippen molar-refractivity contribution in [2.75, 3.05) is 13.3 Å². The molecule has 0 amide bonds. The van der Waals surface area contributed by atoms with Gasteiger partial charge in [-0.15, -0.1) is 6.42 Å². The normalized spacial score (nSPS) is 31.5. The highest BCUT2D eigenvalue weighted by Crippen LogP contribution is 2.48. The number of hydrogen-bond acceptors (Lipinski definition) is 1. The summed E-state index contributed by atoms with van der Waals surface area (Å²) < 4.78 is 5.21. The Labute approximate surface area is 63.3 Å². The van der Waals surface area contributed by atoms with Crippen molar-refractivity contribution in [2.45, 2.75) is 6.92 Å². The summed E-state index contributed by atoms with van der Waals surface area (Å²) in [5.41, 5.74) is 1.30. The Balaban J connectivity index is 2.61. The van der Waals surface area contributed by atoms with E-state index in [0.29, 0.717) is 5.92 Å². The van der Waals surface area contributed by atoms with Crippen LogP contribution in [-0.4, -0.2) is 13.3 Å². The Hall–Kier alpha value is -0.310. The second kappa shape index (κ2) is 3.19. The number of rotatable bonds is 1. The fraction of sp³-hybridized carbons (Fsp3) is 0.500. The van der Waals surface area contributed by atoms with Gasteiger partial charge >= 0.3 is 0 Å². The summed E-state index contributed by atoms with van der Waals surface area (Å²) in [5, 5.41) is 0. The average molecular weight is 154 g/mol. The first-order valence-electron chi connectivity index (χ1n) is 3.23. The van der Waals surface area contributed by atoms with Crippen molar-refractivity contribution in [1.29, 1.82) is 0 Å². The molecular weight excluding hydrogens is 143 g/mol. The molecule has 2 unspecified atom stereocenters. The van der Waals surface area contributed by atoms with Gasteiger partial charge in [-0.1, -0.05) is 11.5 Å². The fourth-order valence-corrected chi connectivity index (χ4v) is 2.75. The SMILES string of the molecule is C#CC1CP(OC)C=C1C. The molecule has 1 aliphatic heterocycles. The van der Waals surface area contributed by atoms with Gasteiger partial charge in [0.05, 0.1) is 8.15 Å². The molecule has 0 aromatic rings. The van der Waals surface area contributed by atoms with E-state index < -0.39 is 0 Å². The van der Waals surface area contributed by atoms with Gasteiger partial charge in [0.1, 0.15) is 0 Å². The third-order valence-electron chi connectivity index (χ3n) is 1.70. The van der Waals surface area contributed by atoms with E-state index in [0.717, 1.165) is 6.16 Å². The second-order valence-electron chi connectivity index (χ2n) is 2.37. The summed E-state index contributed by atoms with van der Waals surface area (Å²) >= 11 is 0. The van der Waals surface area contributed by atoms with E-state index in [1.54, 1.807) is 7.11 Å². The van der Waals surface area contributed by atoms with E-state index in [9.17, 15) is 0 Å². The van der Waals surface area contributed by atoms with Crippen LogP contribution in [-0.2, 0) is 4.52 Å². The van der Waals surface area contributed by atoms with Crippen LogP contribution in [0.25, 0.3) is 0 Å². The van der Waals surface area contributed by atoms with Gasteiger partial charge in [-0.2, -0.15) is 0 Å².